The average Bonchev–Trinajstić information content (AvgIpc) is 3.62. The fourth-order valence-corrected chi connectivity index (χ4v) is 6.49. The number of aryl methyl sites for hydroxylation is 1. The van der Waals surface area contributed by atoms with Gasteiger partial charge < -0.3 is 68.9 Å². The van der Waals surface area contributed by atoms with E-state index in [0.29, 0.717) is 24.9 Å². The fraction of sp³-hybridized carbons (Fsp3) is 0.538. The topological polar surface area (TPSA) is 325 Å². The van der Waals surface area contributed by atoms with Crippen LogP contribution in [0.5, 0.6) is 0 Å². The van der Waals surface area contributed by atoms with Gasteiger partial charge in [0, 0.05) is 31.1 Å². The van der Waals surface area contributed by atoms with E-state index in [0.717, 1.165) is 30.4 Å². The SMILES string of the molecule is CCCCc1ccc(-c2ccc(C(=O)NCCC(=O)N3C[C@@H](N)C[C@H]3C(=O)N[C@H](C(=O)N[C@@H](CC)C(=O)N[C@@H](CCCCN)C(=O)N[C@@H](N)B(O)O)C(O)O)cc2)cc1. The van der Waals surface area contributed by atoms with Crippen molar-refractivity contribution in [1.82, 2.24) is 31.5 Å². The molecule has 1 fully saturated rings. The van der Waals surface area contributed by atoms with E-state index >= 15 is 0 Å². The Labute approximate surface area is 344 Å². The Morgan fingerprint density at radius 3 is 2.02 bits per heavy atom. The minimum absolute atomic E-state index is 0.00181. The number of hydrogen-bond donors (Lipinski definition) is 12. The van der Waals surface area contributed by atoms with Gasteiger partial charge in [-0.25, -0.2) is 0 Å². The Morgan fingerprint density at radius 2 is 1.44 bits per heavy atom. The van der Waals surface area contributed by atoms with Gasteiger partial charge in [0.05, 0.1) is 0 Å². The summed E-state index contributed by atoms with van der Waals surface area (Å²) in [6, 6.07) is 7.53. The Bertz CT molecular complexity index is 1700. The smallest absolute Gasteiger partial charge is 0.425 e. The molecule has 0 aliphatic carbocycles. The first kappa shape index (κ1) is 48.4. The second-order valence-electron chi connectivity index (χ2n) is 14.6. The third-order valence-corrected chi connectivity index (χ3v) is 9.96. The first-order chi connectivity index (χ1) is 28.1. The third-order valence-electron chi connectivity index (χ3n) is 9.96. The van der Waals surface area contributed by atoms with E-state index in [1.165, 1.54) is 17.4 Å². The lowest BCUT2D eigenvalue weighted by Gasteiger charge is -2.28. The second kappa shape index (κ2) is 24.2. The lowest BCUT2D eigenvalue weighted by Crippen LogP contribution is -2.61. The van der Waals surface area contributed by atoms with Gasteiger partial charge in [0.25, 0.3) is 5.91 Å². The summed E-state index contributed by atoms with van der Waals surface area (Å²) in [5.74, 6) is -4.63. The first-order valence-electron chi connectivity index (χ1n) is 20.0. The van der Waals surface area contributed by atoms with E-state index in [1.54, 1.807) is 12.1 Å². The largest absolute Gasteiger partial charge is 0.490 e. The molecule has 6 atom stereocenters. The predicted molar refractivity (Wildman–Crippen MR) is 219 cm³/mol. The van der Waals surface area contributed by atoms with Crippen LogP contribution in [-0.4, -0.2) is 130 Å². The number of rotatable bonds is 23. The number of likely N-dealkylation sites (tertiary alicyclic amines) is 1. The molecule has 0 aromatic heterocycles. The number of aliphatic hydroxyl groups excluding tert-OH is 1. The van der Waals surface area contributed by atoms with E-state index in [9.17, 15) is 49.0 Å². The molecule has 324 valence electrons. The van der Waals surface area contributed by atoms with Gasteiger partial charge in [-0.15, -0.1) is 0 Å². The van der Waals surface area contributed by atoms with Gasteiger partial charge in [-0.1, -0.05) is 56.7 Å². The highest BCUT2D eigenvalue weighted by molar-refractivity contribution is 6.43. The average molecular weight is 826 g/mol. The van der Waals surface area contributed by atoms with Crippen molar-refractivity contribution in [2.24, 2.45) is 17.2 Å². The Hall–Kier alpha value is -4.96. The van der Waals surface area contributed by atoms with E-state index in [2.05, 4.69) is 57.8 Å². The number of nitrogens with two attached hydrogens (primary N) is 3. The summed E-state index contributed by atoms with van der Waals surface area (Å²) < 4.78 is 0. The second-order valence-corrected chi connectivity index (χ2v) is 14.6. The maximum atomic E-state index is 13.4. The van der Waals surface area contributed by atoms with E-state index < -0.39 is 85.1 Å². The number of carbonyl (C=O) groups excluding carboxylic acids is 6. The van der Waals surface area contributed by atoms with Gasteiger partial charge in [0.15, 0.2) is 12.3 Å². The molecule has 0 saturated carbocycles. The standard InChI is InChI=1S/C39H60BN9O10/c1-3-5-8-23-10-12-24(13-11-23)25-14-16-26(17-15-25)33(51)44-20-18-31(50)49-22-27(42)21-30(49)36(54)47-32(38(56)57)37(55)45-28(4-2)34(52)46-29(9-6-7-19-41)35(53)48-39(43)40(58)59/h10-17,27-30,32,38-39,56-59H,3-9,18-22,41-43H2,1-2H3,(H,44,51)(H,45,55)(H,46,52)(H,47,54)(H,48,53)/t27-,28-,29-,30-,32+,39+/m0/s1. The molecule has 0 bridgehead atoms. The minimum Gasteiger partial charge on any atom is -0.425 e. The molecule has 0 spiro atoms. The lowest BCUT2D eigenvalue weighted by atomic mass is 9.86. The van der Waals surface area contributed by atoms with Crippen molar-refractivity contribution in [3.05, 3.63) is 59.7 Å². The van der Waals surface area contributed by atoms with Gasteiger partial charge >= 0.3 is 7.12 Å². The Morgan fingerprint density at radius 1 is 0.831 bits per heavy atom. The first-order valence-corrected chi connectivity index (χ1v) is 20.0. The Kier molecular flexibility index (Phi) is 19.9. The summed E-state index contributed by atoms with van der Waals surface area (Å²) in [4.78, 5) is 80.0. The van der Waals surface area contributed by atoms with Gasteiger partial charge in [-0.2, -0.15) is 0 Å². The highest BCUT2D eigenvalue weighted by Crippen LogP contribution is 2.22. The summed E-state index contributed by atoms with van der Waals surface area (Å²) in [5, 5.41) is 50.6. The molecule has 6 amide bonds. The molecule has 0 radical (unpaired) electrons. The quantitative estimate of drug-likeness (QED) is 0.0313. The number of nitrogens with zero attached hydrogens (tertiary/aromatic N) is 1. The summed E-state index contributed by atoms with van der Waals surface area (Å²) >= 11 is 0. The van der Waals surface area contributed by atoms with Crippen molar-refractivity contribution in [2.75, 3.05) is 19.6 Å². The van der Waals surface area contributed by atoms with Crippen LogP contribution in [0.1, 0.15) is 81.1 Å². The molecule has 1 saturated heterocycles. The third kappa shape index (κ3) is 15.0. The van der Waals surface area contributed by atoms with Crippen molar-refractivity contribution in [1.29, 1.82) is 0 Å². The number of hydrogen-bond acceptors (Lipinski definition) is 13. The van der Waals surface area contributed by atoms with E-state index in [1.807, 2.05) is 12.1 Å². The zero-order chi connectivity index (χ0) is 43.6. The van der Waals surface area contributed by atoms with Gasteiger partial charge in [0.2, 0.25) is 29.5 Å². The van der Waals surface area contributed by atoms with Crippen LogP contribution in [0.2, 0.25) is 0 Å². The number of benzene rings is 2. The highest BCUT2D eigenvalue weighted by atomic mass is 16.5. The van der Waals surface area contributed by atoms with Crippen LogP contribution in [0, 0.1) is 0 Å². The van der Waals surface area contributed by atoms with Crippen molar-refractivity contribution >= 4 is 42.6 Å². The molecule has 2 aromatic carbocycles. The van der Waals surface area contributed by atoms with Crippen LogP contribution in [0.3, 0.4) is 0 Å². The molecule has 59 heavy (non-hydrogen) atoms. The van der Waals surface area contributed by atoms with Crippen LogP contribution >= 0.6 is 0 Å². The molecule has 19 nitrogen and oxygen atoms in total. The van der Waals surface area contributed by atoms with Gasteiger partial charge in [-0.05, 0) is 80.3 Å². The van der Waals surface area contributed by atoms with Gasteiger partial charge in [0.1, 0.15) is 24.2 Å². The maximum Gasteiger partial charge on any atom is 0.490 e. The summed E-state index contributed by atoms with van der Waals surface area (Å²) in [6.07, 6.45) is 1.64. The van der Waals surface area contributed by atoms with Crippen LogP contribution in [0.25, 0.3) is 11.1 Å². The molecule has 20 heteroatoms. The Balaban J connectivity index is 1.57. The van der Waals surface area contributed by atoms with E-state index in [4.69, 9.17) is 17.2 Å². The zero-order valence-electron chi connectivity index (χ0n) is 33.6. The van der Waals surface area contributed by atoms with Crippen molar-refractivity contribution < 1.29 is 49.0 Å². The van der Waals surface area contributed by atoms with Crippen LogP contribution < -0.4 is 43.8 Å². The molecule has 1 aliphatic heterocycles. The zero-order valence-corrected chi connectivity index (χ0v) is 33.6. The molecular formula is C39H60BN9O10. The number of carbonyl (C=O) groups is 6. The van der Waals surface area contributed by atoms with E-state index in [-0.39, 0.29) is 38.8 Å². The summed E-state index contributed by atoms with van der Waals surface area (Å²) in [7, 11) is -2.07. The molecule has 0 unspecified atom stereocenters. The molecule has 2 aromatic rings. The summed E-state index contributed by atoms with van der Waals surface area (Å²) in [6.45, 7) is 3.94. The molecule has 15 N–H and O–H groups in total. The van der Waals surface area contributed by atoms with Crippen LogP contribution in [0.15, 0.2) is 48.5 Å². The highest BCUT2D eigenvalue weighted by Gasteiger charge is 2.41. The van der Waals surface area contributed by atoms with Crippen molar-refractivity contribution in [3.63, 3.8) is 0 Å². The minimum atomic E-state index is -2.43. The van der Waals surface area contributed by atoms with Crippen molar-refractivity contribution in [2.45, 2.75) is 114 Å². The molecule has 3 rings (SSSR count). The normalized spacial score (nSPS) is 17.0. The number of unbranched alkanes of at least 4 members (excludes halogenated alkanes) is 2. The predicted octanol–water partition coefficient (Wildman–Crippen LogP) is -2.54. The number of aliphatic hydroxyl groups is 2. The maximum absolute atomic E-state index is 13.4. The molecular weight excluding hydrogens is 765 g/mol. The van der Waals surface area contributed by atoms with Crippen LogP contribution in [0.4, 0.5) is 0 Å². The lowest BCUT2D eigenvalue weighted by molar-refractivity contribution is -0.146. The van der Waals surface area contributed by atoms with Gasteiger partial charge in [-0.3, -0.25) is 28.8 Å². The number of nitrogens with one attached hydrogen (secondary N) is 5. The fourth-order valence-electron chi connectivity index (χ4n) is 6.49. The monoisotopic (exact) mass is 825 g/mol. The van der Waals surface area contributed by atoms with Crippen molar-refractivity contribution in [3.8, 4) is 11.1 Å². The number of amides is 6. The molecule has 1 heterocycles. The summed E-state index contributed by atoms with van der Waals surface area (Å²) in [5.41, 5.74) is 20.8. The molecule has 1 aliphatic rings. The van der Waals surface area contributed by atoms with Crippen LogP contribution in [-0.2, 0) is 30.4 Å².